The molecule has 164 valence electrons. The van der Waals surface area contributed by atoms with Gasteiger partial charge in [0.2, 0.25) is 0 Å². The Bertz CT molecular complexity index is 1600. The quantitative estimate of drug-likeness (QED) is 0.266. The van der Waals surface area contributed by atoms with E-state index in [0.29, 0.717) is 0 Å². The Kier molecular flexibility index (Phi) is 4.88. The molecule has 0 amide bonds. The Hall–Kier alpha value is -4.37. The van der Waals surface area contributed by atoms with E-state index in [0.717, 1.165) is 22.6 Å². The number of nitrogens with zero attached hydrogens (tertiary/aromatic N) is 2. The molecule has 0 fully saturated rings. The SMILES string of the molecule is CN(c1ccc(F)cc1)c1ccc(-c2ccc3c(c2)c2ccccc2n3-c2ccccc2)cc1. The second-order valence-electron chi connectivity index (χ2n) is 8.50. The van der Waals surface area contributed by atoms with Gasteiger partial charge in [-0.05, 0) is 77.9 Å². The first kappa shape index (κ1) is 20.3. The van der Waals surface area contributed by atoms with Gasteiger partial charge in [0.1, 0.15) is 5.82 Å². The molecule has 5 aromatic carbocycles. The molecule has 0 aliphatic carbocycles. The highest BCUT2D eigenvalue weighted by Gasteiger charge is 2.13. The zero-order valence-electron chi connectivity index (χ0n) is 18.8. The molecular weight excluding hydrogens is 419 g/mol. The number of hydrogen-bond donors (Lipinski definition) is 0. The third-order valence-corrected chi connectivity index (χ3v) is 6.49. The summed E-state index contributed by atoms with van der Waals surface area (Å²) in [6.07, 6.45) is 0. The van der Waals surface area contributed by atoms with Gasteiger partial charge >= 0.3 is 0 Å². The lowest BCUT2D eigenvalue weighted by molar-refractivity contribution is 0.628. The van der Waals surface area contributed by atoms with Gasteiger partial charge < -0.3 is 9.47 Å². The minimum atomic E-state index is -0.225. The van der Waals surface area contributed by atoms with E-state index in [1.165, 1.54) is 39.5 Å². The zero-order valence-corrected chi connectivity index (χ0v) is 18.8. The van der Waals surface area contributed by atoms with Crippen molar-refractivity contribution in [3.8, 4) is 16.8 Å². The molecule has 34 heavy (non-hydrogen) atoms. The lowest BCUT2D eigenvalue weighted by Gasteiger charge is -2.20. The molecule has 0 radical (unpaired) electrons. The van der Waals surface area contributed by atoms with E-state index in [2.05, 4.69) is 100 Å². The van der Waals surface area contributed by atoms with Gasteiger partial charge in [0.25, 0.3) is 0 Å². The number of benzene rings is 5. The van der Waals surface area contributed by atoms with Crippen molar-refractivity contribution in [3.05, 3.63) is 127 Å². The summed E-state index contributed by atoms with van der Waals surface area (Å²) in [5.74, 6) is -0.225. The van der Waals surface area contributed by atoms with Crippen molar-refractivity contribution in [1.29, 1.82) is 0 Å². The highest BCUT2D eigenvalue weighted by molar-refractivity contribution is 6.10. The van der Waals surface area contributed by atoms with Crippen LogP contribution in [-0.4, -0.2) is 11.6 Å². The molecule has 1 heterocycles. The Morgan fingerprint density at radius 1 is 0.559 bits per heavy atom. The van der Waals surface area contributed by atoms with E-state index in [1.54, 1.807) is 12.1 Å². The second kappa shape index (κ2) is 8.20. The van der Waals surface area contributed by atoms with Crippen molar-refractivity contribution < 1.29 is 4.39 Å². The molecule has 6 aromatic rings. The van der Waals surface area contributed by atoms with Crippen LogP contribution in [0, 0.1) is 5.82 Å². The van der Waals surface area contributed by atoms with Gasteiger partial charge in [-0.15, -0.1) is 0 Å². The number of halogens is 1. The van der Waals surface area contributed by atoms with Gasteiger partial charge in [0.05, 0.1) is 11.0 Å². The van der Waals surface area contributed by atoms with Crippen molar-refractivity contribution in [2.75, 3.05) is 11.9 Å². The molecule has 0 saturated carbocycles. The average molecular weight is 443 g/mol. The predicted molar refractivity (Wildman–Crippen MR) is 141 cm³/mol. The van der Waals surface area contributed by atoms with E-state index >= 15 is 0 Å². The van der Waals surface area contributed by atoms with Crippen LogP contribution in [0.4, 0.5) is 15.8 Å². The van der Waals surface area contributed by atoms with E-state index in [1.807, 2.05) is 13.1 Å². The zero-order chi connectivity index (χ0) is 23.1. The van der Waals surface area contributed by atoms with Crippen LogP contribution in [0.25, 0.3) is 38.6 Å². The van der Waals surface area contributed by atoms with Crippen LogP contribution in [0.1, 0.15) is 0 Å². The van der Waals surface area contributed by atoms with Crippen molar-refractivity contribution in [2.45, 2.75) is 0 Å². The second-order valence-corrected chi connectivity index (χ2v) is 8.50. The first-order valence-corrected chi connectivity index (χ1v) is 11.4. The highest BCUT2D eigenvalue weighted by Crippen LogP contribution is 2.35. The first-order valence-electron chi connectivity index (χ1n) is 11.4. The number of fused-ring (bicyclic) bond motifs is 3. The third-order valence-electron chi connectivity index (χ3n) is 6.49. The summed E-state index contributed by atoms with van der Waals surface area (Å²) in [6.45, 7) is 0. The number of anilines is 2. The molecule has 0 atom stereocenters. The van der Waals surface area contributed by atoms with Crippen LogP contribution in [0.2, 0.25) is 0 Å². The summed E-state index contributed by atoms with van der Waals surface area (Å²) in [5, 5.41) is 2.49. The number of rotatable bonds is 4. The van der Waals surface area contributed by atoms with Gasteiger partial charge in [0, 0.05) is 34.9 Å². The molecule has 0 spiro atoms. The smallest absolute Gasteiger partial charge is 0.123 e. The molecular formula is C31H23FN2. The van der Waals surface area contributed by atoms with Crippen LogP contribution in [0.5, 0.6) is 0 Å². The van der Waals surface area contributed by atoms with Crippen LogP contribution in [-0.2, 0) is 0 Å². The summed E-state index contributed by atoms with van der Waals surface area (Å²) in [5.41, 5.74) is 7.91. The van der Waals surface area contributed by atoms with Gasteiger partial charge in [-0.25, -0.2) is 4.39 Å². The molecule has 0 saturated heterocycles. The lowest BCUT2D eigenvalue weighted by atomic mass is 10.0. The summed E-state index contributed by atoms with van der Waals surface area (Å²) in [4.78, 5) is 2.06. The molecule has 6 rings (SSSR count). The number of aromatic nitrogens is 1. The van der Waals surface area contributed by atoms with E-state index < -0.39 is 0 Å². The summed E-state index contributed by atoms with van der Waals surface area (Å²) in [6, 6.07) is 40.8. The normalized spacial score (nSPS) is 11.2. The molecule has 2 nitrogen and oxygen atoms in total. The van der Waals surface area contributed by atoms with Crippen LogP contribution < -0.4 is 4.90 Å². The molecule has 3 heteroatoms. The first-order chi connectivity index (χ1) is 16.7. The molecule has 0 N–H and O–H groups in total. The fourth-order valence-corrected chi connectivity index (χ4v) is 4.70. The molecule has 0 aliphatic rings. The largest absolute Gasteiger partial charge is 0.345 e. The predicted octanol–water partition coefficient (Wildman–Crippen LogP) is 8.36. The minimum absolute atomic E-state index is 0.225. The molecule has 1 aromatic heterocycles. The Morgan fingerprint density at radius 2 is 1.15 bits per heavy atom. The minimum Gasteiger partial charge on any atom is -0.345 e. The summed E-state index contributed by atoms with van der Waals surface area (Å²) >= 11 is 0. The molecule has 0 bridgehead atoms. The Labute approximate surface area is 198 Å². The highest BCUT2D eigenvalue weighted by atomic mass is 19.1. The fraction of sp³-hybridized carbons (Fsp3) is 0.0323. The van der Waals surface area contributed by atoms with Crippen molar-refractivity contribution in [1.82, 2.24) is 4.57 Å². The van der Waals surface area contributed by atoms with Crippen molar-refractivity contribution in [3.63, 3.8) is 0 Å². The standard InChI is InChI=1S/C31H23FN2/c1-33(26-18-14-24(32)15-19-26)25-16-11-22(12-17-25)23-13-20-31-29(21-23)28-9-5-6-10-30(28)34(31)27-7-3-2-4-8-27/h2-21H,1H3. The van der Waals surface area contributed by atoms with Gasteiger partial charge in [-0.3, -0.25) is 0 Å². The van der Waals surface area contributed by atoms with Crippen molar-refractivity contribution in [2.24, 2.45) is 0 Å². The monoisotopic (exact) mass is 442 g/mol. The van der Waals surface area contributed by atoms with E-state index in [9.17, 15) is 4.39 Å². The van der Waals surface area contributed by atoms with Gasteiger partial charge in [-0.1, -0.05) is 54.6 Å². The van der Waals surface area contributed by atoms with Gasteiger partial charge in [-0.2, -0.15) is 0 Å². The summed E-state index contributed by atoms with van der Waals surface area (Å²) < 4.78 is 15.6. The maximum Gasteiger partial charge on any atom is 0.123 e. The van der Waals surface area contributed by atoms with E-state index in [4.69, 9.17) is 0 Å². The number of hydrogen-bond acceptors (Lipinski definition) is 1. The summed E-state index contributed by atoms with van der Waals surface area (Å²) in [7, 11) is 1.99. The fourth-order valence-electron chi connectivity index (χ4n) is 4.70. The number of para-hydroxylation sites is 2. The lowest BCUT2D eigenvalue weighted by Crippen LogP contribution is -2.09. The van der Waals surface area contributed by atoms with Gasteiger partial charge in [0.15, 0.2) is 0 Å². The Morgan fingerprint density at radius 3 is 1.88 bits per heavy atom. The topological polar surface area (TPSA) is 8.17 Å². The maximum atomic E-state index is 13.3. The van der Waals surface area contributed by atoms with E-state index in [-0.39, 0.29) is 5.82 Å². The Balaban J connectivity index is 1.41. The van der Waals surface area contributed by atoms with Crippen molar-refractivity contribution >= 4 is 33.2 Å². The average Bonchev–Trinajstić information content (AvgIpc) is 3.23. The van der Waals surface area contributed by atoms with Crippen LogP contribution in [0.15, 0.2) is 121 Å². The van der Waals surface area contributed by atoms with Crippen LogP contribution >= 0.6 is 0 Å². The molecule has 0 unspecified atom stereocenters. The third kappa shape index (κ3) is 3.43. The van der Waals surface area contributed by atoms with Crippen LogP contribution in [0.3, 0.4) is 0 Å². The maximum absolute atomic E-state index is 13.3. The molecule has 0 aliphatic heterocycles.